The molecule has 1 amide bonds. The smallest absolute Gasteiger partial charge is 0.234 e. The van der Waals surface area contributed by atoms with E-state index in [1.54, 1.807) is 13.4 Å². The molecule has 0 fully saturated rings. The summed E-state index contributed by atoms with van der Waals surface area (Å²) in [6.07, 6.45) is 1.55. The van der Waals surface area contributed by atoms with Crippen LogP contribution in [0, 0.1) is 0 Å². The number of anilines is 3. The maximum Gasteiger partial charge on any atom is 0.234 e. The van der Waals surface area contributed by atoms with E-state index in [9.17, 15) is 9.35 Å². The first-order valence-electron chi connectivity index (χ1n) is 8.79. The zero-order valence-corrected chi connectivity index (χ0v) is 16.6. The third kappa shape index (κ3) is 3.00. The highest BCUT2D eigenvalue weighted by atomic mass is 32.2. The van der Waals surface area contributed by atoms with Crippen molar-refractivity contribution in [1.82, 2.24) is 0 Å². The second kappa shape index (κ2) is 6.35. The van der Waals surface area contributed by atoms with Gasteiger partial charge in [-0.15, -0.1) is 0 Å². The Balaban J connectivity index is 1.64. The molecule has 2 aliphatic rings. The Morgan fingerprint density at radius 3 is 2.52 bits per heavy atom. The summed E-state index contributed by atoms with van der Waals surface area (Å²) in [7, 11) is 1.64. The summed E-state index contributed by atoms with van der Waals surface area (Å²) in [6, 6.07) is 9.93. The summed E-state index contributed by atoms with van der Waals surface area (Å²) in [6.45, 7) is 3.86. The topological polar surface area (TPSA) is 85.5 Å². The summed E-state index contributed by atoms with van der Waals surface area (Å²) in [4.78, 5) is 12.2. The number of carbonyl (C=O) groups is 1. The van der Waals surface area contributed by atoms with Gasteiger partial charge in [-0.3, -0.25) is 4.79 Å². The van der Waals surface area contributed by atoms with Crippen molar-refractivity contribution in [2.24, 2.45) is 0 Å². The monoisotopic (exact) mass is 385 g/mol. The lowest BCUT2D eigenvalue weighted by atomic mass is 9.86. The van der Waals surface area contributed by atoms with E-state index in [0.29, 0.717) is 5.75 Å². The van der Waals surface area contributed by atoms with Crippen LogP contribution in [0.2, 0.25) is 0 Å². The summed E-state index contributed by atoms with van der Waals surface area (Å²) < 4.78 is 17.1. The molecule has 0 aliphatic carbocycles. The average Bonchev–Trinajstić information content (AvgIpc) is 3.11. The minimum Gasteiger partial charge on any atom is -0.616 e. The summed E-state index contributed by atoms with van der Waals surface area (Å²) >= 11 is -0.900. The third-order valence-corrected chi connectivity index (χ3v) is 5.97. The molecule has 142 valence electrons. The number of hydrogen-bond acceptors (Lipinski definition) is 5. The number of methoxy groups -OCH3 is 1. The van der Waals surface area contributed by atoms with Crippen LogP contribution in [0.1, 0.15) is 36.7 Å². The van der Waals surface area contributed by atoms with E-state index in [-0.39, 0.29) is 12.1 Å². The predicted molar refractivity (Wildman–Crippen MR) is 109 cm³/mol. The van der Waals surface area contributed by atoms with E-state index in [2.05, 4.69) is 16.0 Å². The fourth-order valence-electron chi connectivity index (χ4n) is 3.68. The second-order valence-corrected chi connectivity index (χ2v) is 8.97. The highest BCUT2D eigenvalue weighted by molar-refractivity contribution is 7.89. The van der Waals surface area contributed by atoms with Crippen LogP contribution in [0.4, 0.5) is 17.1 Å². The minimum absolute atomic E-state index is 0.0169. The van der Waals surface area contributed by atoms with Crippen molar-refractivity contribution < 1.29 is 14.1 Å². The lowest BCUT2D eigenvalue weighted by molar-refractivity contribution is -0.119. The van der Waals surface area contributed by atoms with E-state index in [1.807, 2.05) is 44.2 Å². The van der Waals surface area contributed by atoms with Gasteiger partial charge >= 0.3 is 0 Å². The molecule has 3 N–H and O–H groups in total. The largest absolute Gasteiger partial charge is 0.616 e. The SMILES string of the molecule is COc1cc(C[S+](C)[O-])ccc1C1Nc2cc3c(cc2N1)C(C)(C)C(=O)N3. The van der Waals surface area contributed by atoms with Crippen molar-refractivity contribution in [2.75, 3.05) is 29.3 Å². The highest BCUT2D eigenvalue weighted by Gasteiger charge is 2.40. The Bertz CT molecular complexity index is 927. The summed E-state index contributed by atoms with van der Waals surface area (Å²) in [5, 5.41) is 9.89. The molecule has 2 heterocycles. The van der Waals surface area contributed by atoms with Gasteiger partial charge in [0, 0.05) is 16.8 Å². The van der Waals surface area contributed by atoms with Crippen LogP contribution in [0.5, 0.6) is 5.75 Å². The van der Waals surface area contributed by atoms with Gasteiger partial charge in [0.15, 0.2) is 0 Å². The zero-order valence-electron chi connectivity index (χ0n) is 15.8. The standard InChI is InChI=1S/C20H23N3O3S/c1-20(2)13-8-15-16(9-14(13)23-19(20)24)22-18(21-15)12-6-5-11(10-27(4)25)7-17(12)26-3/h5-9,18,21-22H,10H2,1-4H3,(H,23,24). The van der Waals surface area contributed by atoms with Crippen LogP contribution in [-0.2, 0) is 27.1 Å². The molecule has 0 bridgehead atoms. The Morgan fingerprint density at radius 1 is 1.15 bits per heavy atom. The number of amides is 1. The number of fused-ring (bicyclic) bond motifs is 2. The molecule has 2 atom stereocenters. The molecule has 2 aromatic rings. The molecule has 0 saturated carbocycles. The molecule has 4 rings (SSSR count). The maximum atomic E-state index is 12.2. The van der Waals surface area contributed by atoms with E-state index in [4.69, 9.17) is 4.74 Å². The van der Waals surface area contributed by atoms with Crippen LogP contribution < -0.4 is 20.7 Å². The minimum atomic E-state index is -0.900. The third-order valence-electron chi connectivity index (χ3n) is 5.23. The number of benzene rings is 2. The Kier molecular flexibility index (Phi) is 4.24. The first kappa shape index (κ1) is 18.0. The molecule has 0 spiro atoms. The van der Waals surface area contributed by atoms with Gasteiger partial charge in [-0.2, -0.15) is 0 Å². The van der Waals surface area contributed by atoms with Crippen molar-refractivity contribution in [3.05, 3.63) is 47.0 Å². The van der Waals surface area contributed by atoms with Crippen LogP contribution in [0.25, 0.3) is 0 Å². The molecule has 27 heavy (non-hydrogen) atoms. The number of carbonyl (C=O) groups excluding carboxylic acids is 1. The van der Waals surface area contributed by atoms with Crippen molar-refractivity contribution in [2.45, 2.75) is 31.2 Å². The van der Waals surface area contributed by atoms with E-state index in [0.717, 1.165) is 39.5 Å². The summed E-state index contributed by atoms with van der Waals surface area (Å²) in [5.41, 5.74) is 5.17. The fraction of sp³-hybridized carbons (Fsp3) is 0.350. The molecular weight excluding hydrogens is 362 g/mol. The molecule has 0 radical (unpaired) electrons. The van der Waals surface area contributed by atoms with Crippen molar-refractivity contribution >= 4 is 34.1 Å². The second-order valence-electron chi connectivity index (χ2n) is 7.54. The van der Waals surface area contributed by atoms with Gasteiger partial charge in [0.2, 0.25) is 5.91 Å². The van der Waals surface area contributed by atoms with Crippen LogP contribution in [0.3, 0.4) is 0 Å². The van der Waals surface area contributed by atoms with E-state index >= 15 is 0 Å². The van der Waals surface area contributed by atoms with Crippen LogP contribution >= 0.6 is 0 Å². The highest BCUT2D eigenvalue weighted by Crippen LogP contribution is 2.46. The van der Waals surface area contributed by atoms with Gasteiger partial charge < -0.3 is 25.2 Å². The molecule has 2 aromatic carbocycles. The predicted octanol–water partition coefficient (Wildman–Crippen LogP) is 3.34. The van der Waals surface area contributed by atoms with Crippen molar-refractivity contribution in [3.63, 3.8) is 0 Å². The first-order chi connectivity index (χ1) is 12.8. The molecule has 7 heteroatoms. The number of nitrogens with one attached hydrogen (secondary N) is 3. The van der Waals surface area contributed by atoms with Gasteiger partial charge in [0.05, 0.1) is 30.2 Å². The van der Waals surface area contributed by atoms with Gasteiger partial charge in [0.25, 0.3) is 0 Å². The van der Waals surface area contributed by atoms with E-state index in [1.165, 1.54) is 0 Å². The Hall–Kier alpha value is -2.38. The van der Waals surface area contributed by atoms with Crippen molar-refractivity contribution in [1.29, 1.82) is 0 Å². The molecule has 2 unspecified atom stereocenters. The molecule has 0 aromatic heterocycles. The molecular formula is C20H23N3O3S. The lowest BCUT2D eigenvalue weighted by Gasteiger charge is -2.18. The van der Waals surface area contributed by atoms with Gasteiger partial charge in [0.1, 0.15) is 17.7 Å². The quantitative estimate of drug-likeness (QED) is 0.703. The molecule has 0 saturated heterocycles. The van der Waals surface area contributed by atoms with Crippen LogP contribution in [0.15, 0.2) is 30.3 Å². The number of rotatable bonds is 4. The average molecular weight is 385 g/mol. The van der Waals surface area contributed by atoms with Crippen LogP contribution in [-0.4, -0.2) is 23.8 Å². The Labute approximate surface area is 161 Å². The normalized spacial score (nSPS) is 20.2. The van der Waals surface area contributed by atoms with Gasteiger partial charge in [-0.05, 0) is 37.6 Å². The first-order valence-corrected chi connectivity index (χ1v) is 10.5. The summed E-state index contributed by atoms with van der Waals surface area (Å²) in [5.74, 6) is 1.27. The fourth-order valence-corrected chi connectivity index (χ4v) is 4.33. The number of hydrogen-bond donors (Lipinski definition) is 3. The molecule has 6 nitrogen and oxygen atoms in total. The zero-order chi connectivity index (χ0) is 19.3. The van der Waals surface area contributed by atoms with Gasteiger partial charge in [-0.25, -0.2) is 0 Å². The lowest BCUT2D eigenvalue weighted by Crippen LogP contribution is -2.26. The maximum absolute atomic E-state index is 12.2. The molecule has 2 aliphatic heterocycles. The number of ether oxygens (including phenoxy) is 1. The van der Waals surface area contributed by atoms with E-state index < -0.39 is 16.6 Å². The Morgan fingerprint density at radius 2 is 1.85 bits per heavy atom. The van der Waals surface area contributed by atoms with Gasteiger partial charge in [-0.1, -0.05) is 23.3 Å². The van der Waals surface area contributed by atoms with Crippen molar-refractivity contribution in [3.8, 4) is 5.75 Å².